The molecule has 0 aliphatic rings. The van der Waals surface area contributed by atoms with Crippen LogP contribution in [0.1, 0.15) is 27.2 Å². The van der Waals surface area contributed by atoms with Gasteiger partial charge in [0, 0.05) is 18.5 Å². The lowest BCUT2D eigenvalue weighted by Crippen LogP contribution is -2.27. The van der Waals surface area contributed by atoms with Gasteiger partial charge in [-0.05, 0) is 36.1 Å². The van der Waals surface area contributed by atoms with Crippen LogP contribution >= 0.6 is 0 Å². The zero-order chi connectivity index (χ0) is 16.3. The summed E-state index contributed by atoms with van der Waals surface area (Å²) < 4.78 is 22.7. The molecular weight excluding hydrogens is 290 g/mol. The molecule has 2 N–H and O–H groups in total. The maximum atomic E-state index is 11.4. The molecule has 0 spiro atoms. The van der Waals surface area contributed by atoms with E-state index < -0.39 is 21.7 Å². The molecule has 6 heteroatoms. The van der Waals surface area contributed by atoms with Gasteiger partial charge in [0.2, 0.25) is 0 Å². The standard InChI is InChI=1S/C15H23NO4S/c1-15(2,3)9-11(14(17)18)10-16-12-5-7-13(8-6-12)21(4,19)20/h5-8,11,16H,9-10H2,1-4H3,(H,17,18). The molecule has 0 aliphatic carbocycles. The minimum atomic E-state index is -3.21. The van der Waals surface area contributed by atoms with E-state index >= 15 is 0 Å². The lowest BCUT2D eigenvalue weighted by Gasteiger charge is -2.23. The predicted octanol–water partition coefficient (Wildman–Crippen LogP) is 2.64. The second-order valence-corrected chi connectivity index (χ2v) is 8.49. The van der Waals surface area contributed by atoms with Crippen molar-refractivity contribution in [1.82, 2.24) is 0 Å². The summed E-state index contributed by atoms with van der Waals surface area (Å²) >= 11 is 0. The Kier molecular flexibility index (Phi) is 5.39. The fourth-order valence-electron chi connectivity index (χ4n) is 2.05. The molecular formula is C15H23NO4S. The second kappa shape index (κ2) is 6.47. The van der Waals surface area contributed by atoms with Crippen molar-refractivity contribution in [2.24, 2.45) is 11.3 Å². The maximum absolute atomic E-state index is 11.4. The van der Waals surface area contributed by atoms with E-state index in [-0.39, 0.29) is 10.3 Å². The Morgan fingerprint density at radius 2 is 1.76 bits per heavy atom. The van der Waals surface area contributed by atoms with Crippen LogP contribution in [0.3, 0.4) is 0 Å². The minimum absolute atomic E-state index is 0.0646. The summed E-state index contributed by atoms with van der Waals surface area (Å²) in [6.45, 7) is 6.32. The third-order valence-corrected chi connectivity index (χ3v) is 4.17. The highest BCUT2D eigenvalue weighted by atomic mass is 32.2. The van der Waals surface area contributed by atoms with Gasteiger partial charge in [-0.25, -0.2) is 8.42 Å². The molecule has 0 radical (unpaired) electrons. The van der Waals surface area contributed by atoms with Gasteiger partial charge in [-0.1, -0.05) is 20.8 Å². The topological polar surface area (TPSA) is 83.5 Å². The van der Waals surface area contributed by atoms with Gasteiger partial charge in [-0.2, -0.15) is 0 Å². The van der Waals surface area contributed by atoms with Gasteiger partial charge < -0.3 is 10.4 Å². The first-order chi connectivity index (χ1) is 9.49. The first-order valence-corrected chi connectivity index (χ1v) is 8.65. The number of carbonyl (C=O) groups is 1. The zero-order valence-electron chi connectivity index (χ0n) is 12.9. The molecule has 1 aromatic carbocycles. The summed E-state index contributed by atoms with van der Waals surface area (Å²) in [7, 11) is -3.21. The SMILES string of the molecule is CC(C)(C)CC(CNc1ccc(S(C)(=O)=O)cc1)C(=O)O. The first kappa shape index (κ1) is 17.5. The molecule has 1 aromatic rings. The fourth-order valence-corrected chi connectivity index (χ4v) is 2.68. The normalized spacial score (nSPS) is 13.7. The van der Waals surface area contributed by atoms with Crippen LogP contribution in [-0.4, -0.2) is 32.3 Å². The maximum Gasteiger partial charge on any atom is 0.308 e. The Bertz CT molecular complexity index is 585. The average Bonchev–Trinajstić information content (AvgIpc) is 2.32. The van der Waals surface area contributed by atoms with Crippen LogP contribution in [0.2, 0.25) is 0 Å². The Hall–Kier alpha value is -1.56. The fraction of sp³-hybridized carbons (Fsp3) is 0.533. The van der Waals surface area contributed by atoms with Gasteiger partial charge >= 0.3 is 5.97 Å². The number of carboxylic acid groups (broad SMARTS) is 1. The Labute approximate surface area is 126 Å². The smallest absolute Gasteiger partial charge is 0.308 e. The van der Waals surface area contributed by atoms with Gasteiger partial charge in [0.15, 0.2) is 9.84 Å². The molecule has 0 aromatic heterocycles. The molecule has 0 fully saturated rings. The lowest BCUT2D eigenvalue weighted by atomic mass is 9.84. The number of rotatable bonds is 6. The zero-order valence-corrected chi connectivity index (χ0v) is 13.7. The third kappa shape index (κ3) is 6.16. The van der Waals surface area contributed by atoms with Crippen LogP contribution in [0.4, 0.5) is 5.69 Å². The van der Waals surface area contributed by atoms with Gasteiger partial charge in [-0.3, -0.25) is 4.79 Å². The number of anilines is 1. The molecule has 1 rings (SSSR count). The molecule has 21 heavy (non-hydrogen) atoms. The number of aliphatic carboxylic acids is 1. The van der Waals surface area contributed by atoms with Crippen LogP contribution < -0.4 is 5.32 Å². The summed E-state index contributed by atoms with van der Waals surface area (Å²) in [5, 5.41) is 12.3. The van der Waals surface area contributed by atoms with E-state index in [2.05, 4.69) is 5.32 Å². The van der Waals surface area contributed by atoms with Gasteiger partial charge in [-0.15, -0.1) is 0 Å². The Morgan fingerprint density at radius 1 is 1.24 bits per heavy atom. The first-order valence-electron chi connectivity index (χ1n) is 6.76. The summed E-state index contributed by atoms with van der Waals surface area (Å²) in [5.41, 5.74) is 0.646. The molecule has 0 amide bonds. The second-order valence-electron chi connectivity index (χ2n) is 6.48. The molecule has 0 saturated carbocycles. The van der Waals surface area contributed by atoms with Crippen LogP contribution in [0, 0.1) is 11.3 Å². The summed E-state index contributed by atoms with van der Waals surface area (Å²) in [6, 6.07) is 6.31. The number of nitrogens with one attached hydrogen (secondary N) is 1. The van der Waals surface area contributed by atoms with Crippen LogP contribution in [-0.2, 0) is 14.6 Å². The Balaban J connectivity index is 2.71. The van der Waals surface area contributed by atoms with E-state index in [1.165, 1.54) is 12.1 Å². The van der Waals surface area contributed by atoms with Crippen molar-refractivity contribution in [2.75, 3.05) is 18.1 Å². The van der Waals surface area contributed by atoms with Crippen molar-refractivity contribution in [3.8, 4) is 0 Å². The largest absolute Gasteiger partial charge is 0.481 e. The average molecular weight is 313 g/mol. The Morgan fingerprint density at radius 3 is 2.14 bits per heavy atom. The molecule has 0 saturated heterocycles. The number of benzene rings is 1. The summed E-state index contributed by atoms with van der Waals surface area (Å²) in [5.74, 6) is -1.32. The van der Waals surface area contributed by atoms with Crippen molar-refractivity contribution >= 4 is 21.5 Å². The summed E-state index contributed by atoms with van der Waals surface area (Å²) in [6.07, 6.45) is 1.72. The molecule has 0 aliphatic heterocycles. The number of sulfone groups is 1. The van der Waals surface area contributed by atoms with Crippen LogP contribution in [0.15, 0.2) is 29.2 Å². The number of hydrogen-bond donors (Lipinski definition) is 2. The van der Waals surface area contributed by atoms with E-state index in [4.69, 9.17) is 0 Å². The van der Waals surface area contributed by atoms with Crippen molar-refractivity contribution in [1.29, 1.82) is 0 Å². The van der Waals surface area contributed by atoms with Crippen molar-refractivity contribution < 1.29 is 18.3 Å². The molecule has 1 atom stereocenters. The summed E-state index contributed by atoms with van der Waals surface area (Å²) in [4.78, 5) is 11.5. The van der Waals surface area contributed by atoms with Crippen molar-refractivity contribution in [2.45, 2.75) is 32.1 Å². The highest BCUT2D eigenvalue weighted by Crippen LogP contribution is 2.25. The van der Waals surface area contributed by atoms with Crippen LogP contribution in [0.5, 0.6) is 0 Å². The van der Waals surface area contributed by atoms with Gasteiger partial charge in [0.25, 0.3) is 0 Å². The van der Waals surface area contributed by atoms with Gasteiger partial charge in [0.05, 0.1) is 10.8 Å². The van der Waals surface area contributed by atoms with E-state index in [1.54, 1.807) is 12.1 Å². The van der Waals surface area contributed by atoms with Crippen molar-refractivity contribution in [3.63, 3.8) is 0 Å². The molecule has 0 bridgehead atoms. The van der Waals surface area contributed by atoms with Crippen LogP contribution in [0.25, 0.3) is 0 Å². The van der Waals surface area contributed by atoms with E-state index in [1.807, 2.05) is 20.8 Å². The molecule has 0 heterocycles. The van der Waals surface area contributed by atoms with E-state index in [0.717, 1.165) is 6.26 Å². The van der Waals surface area contributed by atoms with Gasteiger partial charge in [0.1, 0.15) is 0 Å². The quantitative estimate of drug-likeness (QED) is 0.843. The minimum Gasteiger partial charge on any atom is -0.481 e. The van der Waals surface area contributed by atoms with E-state index in [9.17, 15) is 18.3 Å². The molecule has 118 valence electrons. The highest BCUT2D eigenvalue weighted by molar-refractivity contribution is 7.90. The molecule has 5 nitrogen and oxygen atoms in total. The highest BCUT2D eigenvalue weighted by Gasteiger charge is 2.24. The lowest BCUT2D eigenvalue weighted by molar-refractivity contribution is -0.142. The van der Waals surface area contributed by atoms with Crippen molar-refractivity contribution in [3.05, 3.63) is 24.3 Å². The predicted molar refractivity (Wildman–Crippen MR) is 83.2 cm³/mol. The molecule has 1 unspecified atom stereocenters. The number of hydrogen-bond acceptors (Lipinski definition) is 4. The van der Waals surface area contributed by atoms with E-state index in [0.29, 0.717) is 18.7 Å². The third-order valence-electron chi connectivity index (χ3n) is 3.04. The monoisotopic (exact) mass is 313 g/mol. The number of carboxylic acids is 1.